The van der Waals surface area contributed by atoms with E-state index in [9.17, 15) is 4.79 Å². The van der Waals surface area contributed by atoms with Crippen LogP contribution in [0, 0.1) is 0 Å². The van der Waals surface area contributed by atoms with Crippen molar-refractivity contribution >= 4 is 59.8 Å². The van der Waals surface area contributed by atoms with Crippen molar-refractivity contribution in [1.82, 2.24) is 10.2 Å². The Kier molecular flexibility index (Phi) is 6.49. The molecule has 0 saturated carbocycles. The topological polar surface area (TPSA) is 41.6 Å². The molecule has 1 heterocycles. The van der Waals surface area contributed by atoms with Crippen LogP contribution < -0.4 is 10.1 Å². The predicted octanol–water partition coefficient (Wildman–Crippen LogP) is 4.16. The minimum atomic E-state index is -0.0315. The molecule has 1 atom stereocenters. The summed E-state index contributed by atoms with van der Waals surface area (Å²) in [5.41, 5.74) is 0.903. The van der Waals surface area contributed by atoms with Gasteiger partial charge in [-0.2, -0.15) is 0 Å². The Balaban J connectivity index is 2.12. The smallest absolute Gasteiger partial charge is 0.241 e. The minimum absolute atomic E-state index is 0.0315. The average Bonchev–Trinajstić information content (AvgIpc) is 2.88. The second-order valence-corrected chi connectivity index (χ2v) is 7.58. The summed E-state index contributed by atoms with van der Waals surface area (Å²) in [5.74, 6) is 0.747. The highest BCUT2D eigenvalue weighted by Gasteiger charge is 2.26. The van der Waals surface area contributed by atoms with Crippen molar-refractivity contribution in [3.05, 3.63) is 31.2 Å². The molecule has 7 heteroatoms. The van der Waals surface area contributed by atoms with Gasteiger partial charge >= 0.3 is 0 Å². The maximum absolute atomic E-state index is 12.1. The summed E-state index contributed by atoms with van der Waals surface area (Å²) in [5, 5.41) is 2.85. The first kappa shape index (κ1) is 18.0. The Morgan fingerprint density at radius 3 is 2.73 bits per heavy atom. The van der Waals surface area contributed by atoms with Crippen molar-refractivity contribution in [1.29, 1.82) is 0 Å². The van der Waals surface area contributed by atoms with E-state index in [-0.39, 0.29) is 11.9 Å². The maximum atomic E-state index is 12.1. The van der Waals surface area contributed by atoms with E-state index < -0.39 is 0 Å². The van der Waals surface area contributed by atoms with Gasteiger partial charge in [0.15, 0.2) is 0 Å². The van der Waals surface area contributed by atoms with E-state index in [0.29, 0.717) is 5.75 Å². The Morgan fingerprint density at radius 2 is 2.14 bits per heavy atom. The quantitative estimate of drug-likeness (QED) is 0.680. The molecule has 1 aliphatic rings. The van der Waals surface area contributed by atoms with Gasteiger partial charge in [-0.1, -0.05) is 15.9 Å². The van der Waals surface area contributed by atoms with Crippen molar-refractivity contribution in [2.45, 2.75) is 18.9 Å². The number of methoxy groups -OCH3 is 1. The fourth-order valence-electron chi connectivity index (χ4n) is 2.47. The van der Waals surface area contributed by atoms with Crippen LogP contribution in [0.5, 0.6) is 5.75 Å². The first-order chi connectivity index (χ1) is 10.5. The van der Waals surface area contributed by atoms with E-state index >= 15 is 0 Å². The third kappa shape index (κ3) is 3.93. The molecular weight excluding hydrogens is 480 g/mol. The van der Waals surface area contributed by atoms with Gasteiger partial charge in [0.25, 0.3) is 0 Å². The van der Waals surface area contributed by atoms with Crippen LogP contribution in [-0.4, -0.2) is 37.6 Å². The fourth-order valence-corrected chi connectivity index (χ4v) is 5.18. The van der Waals surface area contributed by atoms with Crippen molar-refractivity contribution < 1.29 is 9.53 Å². The largest absolute Gasteiger partial charge is 0.494 e. The number of amides is 1. The fraction of sp³-hybridized carbons (Fsp3) is 0.400. The molecule has 2 rings (SSSR count). The summed E-state index contributed by atoms with van der Waals surface area (Å²) in [6.45, 7) is 0.975. The van der Waals surface area contributed by atoms with Crippen molar-refractivity contribution in [3.8, 4) is 5.75 Å². The standard InChI is InChI=1S/C15H17Br3N2O2/c1-20-7-3-4-12(20)15(21)19-6-5-9-10(16)8-11(17)14(22-2)13(9)18/h5-6,8,12H,3-4,7H2,1-2H3,(H,19,21)/b6-5+/t12-/m0/s1. The summed E-state index contributed by atoms with van der Waals surface area (Å²) < 4.78 is 7.92. The molecule has 1 amide bonds. The lowest BCUT2D eigenvalue weighted by molar-refractivity contribution is -0.124. The predicted molar refractivity (Wildman–Crippen MR) is 98.9 cm³/mol. The molecule has 1 fully saturated rings. The van der Waals surface area contributed by atoms with Gasteiger partial charge in [-0.3, -0.25) is 9.69 Å². The zero-order chi connectivity index (χ0) is 16.3. The van der Waals surface area contributed by atoms with Crippen molar-refractivity contribution in [3.63, 3.8) is 0 Å². The molecule has 1 N–H and O–H groups in total. The van der Waals surface area contributed by atoms with Crippen LogP contribution in [0.3, 0.4) is 0 Å². The lowest BCUT2D eigenvalue weighted by Gasteiger charge is -2.17. The van der Waals surface area contributed by atoms with Gasteiger partial charge in [0.1, 0.15) is 5.75 Å². The molecule has 4 nitrogen and oxygen atoms in total. The highest BCUT2D eigenvalue weighted by molar-refractivity contribution is 9.11. The Labute approximate surface area is 155 Å². The lowest BCUT2D eigenvalue weighted by atomic mass is 10.2. The molecule has 1 aromatic rings. The van der Waals surface area contributed by atoms with Gasteiger partial charge in [-0.25, -0.2) is 0 Å². The Morgan fingerprint density at radius 1 is 1.41 bits per heavy atom. The zero-order valence-electron chi connectivity index (χ0n) is 12.3. The number of nitrogens with one attached hydrogen (secondary N) is 1. The lowest BCUT2D eigenvalue weighted by Crippen LogP contribution is -2.39. The molecule has 0 aromatic heterocycles. The van der Waals surface area contributed by atoms with Gasteiger partial charge < -0.3 is 10.1 Å². The molecular formula is C15H17Br3N2O2. The number of rotatable bonds is 4. The molecule has 120 valence electrons. The van der Waals surface area contributed by atoms with E-state index in [2.05, 4.69) is 58.0 Å². The highest BCUT2D eigenvalue weighted by Crippen LogP contribution is 2.40. The average molecular weight is 497 g/mol. The van der Waals surface area contributed by atoms with Gasteiger partial charge in [-0.05, 0) is 70.4 Å². The number of carbonyl (C=O) groups excluding carboxylic acids is 1. The highest BCUT2D eigenvalue weighted by atomic mass is 79.9. The van der Waals surface area contributed by atoms with Crippen LogP contribution in [-0.2, 0) is 4.79 Å². The number of hydrogen-bond donors (Lipinski definition) is 1. The van der Waals surface area contributed by atoms with Crippen LogP contribution in [0.1, 0.15) is 18.4 Å². The summed E-state index contributed by atoms with van der Waals surface area (Å²) >= 11 is 10.5. The SMILES string of the molecule is COc1c(Br)cc(Br)c(/C=C/NC(=O)[C@@H]2CCCN2C)c1Br. The molecule has 0 aliphatic carbocycles. The first-order valence-corrected chi connectivity index (χ1v) is 9.22. The van der Waals surface area contributed by atoms with Crippen molar-refractivity contribution in [2.24, 2.45) is 0 Å². The molecule has 1 saturated heterocycles. The summed E-state index contributed by atoms with van der Waals surface area (Å²) in [6.07, 6.45) is 5.50. The molecule has 1 aliphatic heterocycles. The second kappa shape index (κ2) is 7.95. The number of likely N-dealkylation sites (N-methyl/N-ethyl adjacent to an activating group) is 1. The summed E-state index contributed by atoms with van der Waals surface area (Å²) in [6, 6.07) is 1.88. The summed E-state index contributed by atoms with van der Waals surface area (Å²) in [4.78, 5) is 14.2. The van der Waals surface area contributed by atoms with Gasteiger partial charge in [0, 0.05) is 16.2 Å². The van der Waals surface area contributed by atoms with E-state index in [4.69, 9.17) is 4.74 Å². The molecule has 1 aromatic carbocycles. The minimum Gasteiger partial charge on any atom is -0.494 e. The number of carbonyl (C=O) groups is 1. The Hall–Kier alpha value is -0.370. The molecule has 0 spiro atoms. The van der Waals surface area contributed by atoms with Crippen LogP contribution in [0.15, 0.2) is 25.7 Å². The first-order valence-electron chi connectivity index (χ1n) is 6.84. The van der Waals surface area contributed by atoms with Crippen LogP contribution in [0.25, 0.3) is 6.08 Å². The number of nitrogens with zero attached hydrogens (tertiary/aromatic N) is 1. The van der Waals surface area contributed by atoms with Crippen LogP contribution in [0.4, 0.5) is 0 Å². The van der Waals surface area contributed by atoms with E-state index in [1.165, 1.54) is 0 Å². The van der Waals surface area contributed by atoms with Gasteiger partial charge in [-0.15, -0.1) is 0 Å². The number of benzene rings is 1. The third-order valence-corrected chi connectivity index (χ3v) is 5.70. The number of hydrogen-bond acceptors (Lipinski definition) is 3. The number of likely N-dealkylation sites (tertiary alicyclic amines) is 1. The van der Waals surface area contributed by atoms with E-state index in [1.807, 2.05) is 19.2 Å². The van der Waals surface area contributed by atoms with Crippen LogP contribution in [0.2, 0.25) is 0 Å². The van der Waals surface area contributed by atoms with Crippen molar-refractivity contribution in [2.75, 3.05) is 20.7 Å². The van der Waals surface area contributed by atoms with Gasteiger partial charge in [0.05, 0.1) is 22.1 Å². The third-order valence-electron chi connectivity index (χ3n) is 3.67. The van der Waals surface area contributed by atoms with Gasteiger partial charge in [0.2, 0.25) is 5.91 Å². The Bertz CT molecular complexity index is 605. The second-order valence-electron chi connectivity index (χ2n) is 5.08. The normalized spacial score (nSPS) is 18.9. The zero-order valence-corrected chi connectivity index (χ0v) is 17.1. The molecule has 0 radical (unpaired) electrons. The molecule has 0 unspecified atom stereocenters. The summed E-state index contributed by atoms with van der Waals surface area (Å²) in [7, 11) is 3.59. The number of ether oxygens (including phenoxy) is 1. The van der Waals surface area contributed by atoms with Crippen LogP contribution >= 0.6 is 47.8 Å². The van der Waals surface area contributed by atoms with E-state index in [1.54, 1.807) is 13.3 Å². The number of halogens is 3. The van der Waals surface area contributed by atoms with E-state index in [0.717, 1.165) is 38.4 Å². The molecule has 0 bridgehead atoms. The maximum Gasteiger partial charge on any atom is 0.241 e. The monoisotopic (exact) mass is 494 g/mol. The molecule has 22 heavy (non-hydrogen) atoms.